The van der Waals surface area contributed by atoms with Crippen molar-refractivity contribution in [2.24, 2.45) is 5.92 Å². The van der Waals surface area contributed by atoms with Crippen LogP contribution in [0.25, 0.3) is 22.4 Å². The maximum Gasteiger partial charge on any atom is 0.227 e. The molecule has 184 valence electrons. The van der Waals surface area contributed by atoms with Gasteiger partial charge in [-0.05, 0) is 61.7 Å². The van der Waals surface area contributed by atoms with Crippen LogP contribution >= 0.6 is 11.6 Å². The number of nitrogens with one attached hydrogen (secondary N) is 1. The number of hydrogen-bond donors (Lipinski definition) is 1. The molecule has 4 aromatic rings. The molecule has 36 heavy (non-hydrogen) atoms. The van der Waals surface area contributed by atoms with E-state index >= 15 is 0 Å². The number of aromatic nitrogens is 2. The molecule has 5 rings (SSSR count). The summed E-state index contributed by atoms with van der Waals surface area (Å²) in [6.07, 6.45) is 3.57. The first-order valence-electron chi connectivity index (χ1n) is 12.3. The van der Waals surface area contributed by atoms with Crippen LogP contribution in [-0.2, 0) is 4.79 Å². The van der Waals surface area contributed by atoms with E-state index in [1.54, 1.807) is 18.2 Å². The van der Waals surface area contributed by atoms with Crippen molar-refractivity contribution in [3.05, 3.63) is 83.1 Å². The van der Waals surface area contributed by atoms with Crippen molar-refractivity contribution in [3.63, 3.8) is 0 Å². The Morgan fingerprint density at radius 1 is 1.08 bits per heavy atom. The zero-order valence-corrected chi connectivity index (χ0v) is 20.8. The number of halogens is 2. The van der Waals surface area contributed by atoms with E-state index in [0.29, 0.717) is 46.0 Å². The fourth-order valence-corrected chi connectivity index (χ4v) is 5.29. The first-order valence-corrected chi connectivity index (χ1v) is 12.7. The van der Waals surface area contributed by atoms with Gasteiger partial charge in [0.05, 0.1) is 21.7 Å². The Bertz CT molecular complexity index is 1450. The number of fused-ring (bicyclic) bond motifs is 1. The van der Waals surface area contributed by atoms with E-state index in [1.807, 2.05) is 43.3 Å². The van der Waals surface area contributed by atoms with E-state index in [1.165, 1.54) is 12.1 Å². The number of carbonyl (C=O) groups is 2. The molecule has 7 heteroatoms. The molecule has 0 spiro atoms. The van der Waals surface area contributed by atoms with Crippen molar-refractivity contribution in [1.29, 1.82) is 0 Å². The molecule has 1 fully saturated rings. The zero-order valence-electron chi connectivity index (χ0n) is 20.0. The predicted molar refractivity (Wildman–Crippen MR) is 141 cm³/mol. The van der Waals surface area contributed by atoms with Gasteiger partial charge in [0.1, 0.15) is 11.6 Å². The summed E-state index contributed by atoms with van der Waals surface area (Å²) < 4.78 is 16.3. The highest BCUT2D eigenvalue weighted by molar-refractivity contribution is 6.33. The molecule has 1 saturated carbocycles. The number of carbonyl (C=O) groups excluding carboxylic acids is 2. The SMILES string of the molecule is CCC(=O)c1ccc2c(c1)nc(-c1cccc(F)c1)n2C1CCCC(C(=O)Nc2ccccc2Cl)C1. The molecule has 0 saturated heterocycles. The second kappa shape index (κ2) is 10.2. The van der Waals surface area contributed by atoms with Crippen LogP contribution in [0.4, 0.5) is 10.1 Å². The summed E-state index contributed by atoms with van der Waals surface area (Å²) in [4.78, 5) is 30.3. The van der Waals surface area contributed by atoms with Gasteiger partial charge in [-0.15, -0.1) is 0 Å². The fraction of sp³-hybridized carbons (Fsp3) is 0.276. The third-order valence-corrected chi connectivity index (χ3v) is 7.26. The van der Waals surface area contributed by atoms with E-state index in [2.05, 4.69) is 9.88 Å². The second-order valence-electron chi connectivity index (χ2n) is 9.28. The van der Waals surface area contributed by atoms with E-state index in [0.717, 1.165) is 24.8 Å². The largest absolute Gasteiger partial charge is 0.325 e. The van der Waals surface area contributed by atoms with E-state index in [4.69, 9.17) is 16.6 Å². The number of rotatable bonds is 6. The van der Waals surface area contributed by atoms with Gasteiger partial charge in [0.15, 0.2) is 5.78 Å². The second-order valence-corrected chi connectivity index (χ2v) is 9.69. The van der Waals surface area contributed by atoms with Gasteiger partial charge in [-0.25, -0.2) is 9.37 Å². The van der Waals surface area contributed by atoms with Crippen LogP contribution in [0.15, 0.2) is 66.7 Å². The summed E-state index contributed by atoms with van der Waals surface area (Å²) in [6.45, 7) is 1.83. The van der Waals surface area contributed by atoms with Crippen molar-refractivity contribution in [2.75, 3.05) is 5.32 Å². The Balaban J connectivity index is 1.52. The van der Waals surface area contributed by atoms with Crippen molar-refractivity contribution in [2.45, 2.75) is 45.1 Å². The fourth-order valence-electron chi connectivity index (χ4n) is 5.11. The summed E-state index contributed by atoms with van der Waals surface area (Å²) in [5.74, 6) is 0.100. The van der Waals surface area contributed by atoms with Gasteiger partial charge < -0.3 is 9.88 Å². The van der Waals surface area contributed by atoms with Crippen LogP contribution in [0.2, 0.25) is 5.02 Å². The number of ketones is 1. The summed E-state index contributed by atoms with van der Waals surface area (Å²) in [5, 5.41) is 3.48. The number of anilines is 1. The molecule has 3 aromatic carbocycles. The molecular weight excluding hydrogens is 477 g/mol. The summed E-state index contributed by atoms with van der Waals surface area (Å²) in [5.41, 5.74) is 3.45. The molecule has 0 bridgehead atoms. The lowest BCUT2D eigenvalue weighted by molar-refractivity contribution is -0.121. The lowest BCUT2D eigenvalue weighted by Gasteiger charge is -2.31. The lowest BCUT2D eigenvalue weighted by Crippen LogP contribution is -2.29. The van der Waals surface area contributed by atoms with Gasteiger partial charge in [0, 0.05) is 29.5 Å². The van der Waals surface area contributed by atoms with Crippen LogP contribution in [-0.4, -0.2) is 21.2 Å². The monoisotopic (exact) mass is 503 g/mol. The molecular formula is C29H27ClFN3O2. The van der Waals surface area contributed by atoms with Crippen LogP contribution in [0, 0.1) is 11.7 Å². The highest BCUT2D eigenvalue weighted by atomic mass is 35.5. The molecule has 0 radical (unpaired) electrons. The average Bonchev–Trinajstić information content (AvgIpc) is 3.28. The van der Waals surface area contributed by atoms with E-state index < -0.39 is 0 Å². The smallest absolute Gasteiger partial charge is 0.227 e. The van der Waals surface area contributed by atoms with Crippen molar-refractivity contribution in [1.82, 2.24) is 9.55 Å². The molecule has 5 nitrogen and oxygen atoms in total. The summed E-state index contributed by atoms with van der Waals surface area (Å²) >= 11 is 6.25. The minimum Gasteiger partial charge on any atom is -0.325 e. The Labute approximate surface area is 214 Å². The van der Waals surface area contributed by atoms with Gasteiger partial charge in [0.25, 0.3) is 0 Å². The third-order valence-electron chi connectivity index (χ3n) is 6.93. The van der Waals surface area contributed by atoms with Gasteiger partial charge in [0.2, 0.25) is 5.91 Å². The third kappa shape index (κ3) is 4.78. The molecule has 1 amide bonds. The maximum absolute atomic E-state index is 14.2. The van der Waals surface area contributed by atoms with Gasteiger partial charge in [-0.3, -0.25) is 9.59 Å². The highest BCUT2D eigenvalue weighted by Gasteiger charge is 2.31. The highest BCUT2D eigenvalue weighted by Crippen LogP contribution is 2.39. The zero-order chi connectivity index (χ0) is 25.2. The predicted octanol–water partition coefficient (Wildman–Crippen LogP) is 7.46. The normalized spacial score (nSPS) is 17.8. The van der Waals surface area contributed by atoms with Gasteiger partial charge in [-0.2, -0.15) is 0 Å². The Kier molecular flexibility index (Phi) is 6.88. The van der Waals surface area contributed by atoms with Crippen molar-refractivity contribution < 1.29 is 14.0 Å². The minimum atomic E-state index is -0.339. The lowest BCUT2D eigenvalue weighted by atomic mass is 9.84. The quantitative estimate of drug-likeness (QED) is 0.278. The number of para-hydroxylation sites is 1. The van der Waals surface area contributed by atoms with Gasteiger partial charge >= 0.3 is 0 Å². The molecule has 1 aliphatic carbocycles. The topological polar surface area (TPSA) is 64.0 Å². The number of imidazole rings is 1. The number of benzene rings is 3. The first kappa shape index (κ1) is 24.2. The Morgan fingerprint density at radius 2 is 1.92 bits per heavy atom. The number of hydrogen-bond acceptors (Lipinski definition) is 3. The molecule has 1 aromatic heterocycles. The standard InChI is InChI=1S/C29H27ClFN3O2/c1-2-27(35)18-13-14-26-25(17-18)32-28(19-7-5-9-21(31)15-19)34(26)22-10-6-8-20(16-22)29(36)33-24-12-4-3-11-23(24)30/h3-5,7,9,11-15,17,20,22H,2,6,8,10,16H2,1H3,(H,33,36). The Hall–Kier alpha value is -3.51. The van der Waals surface area contributed by atoms with Crippen LogP contribution < -0.4 is 5.32 Å². The van der Waals surface area contributed by atoms with E-state index in [9.17, 15) is 14.0 Å². The number of amides is 1. The molecule has 1 N–H and O–H groups in total. The minimum absolute atomic E-state index is 0.00302. The molecule has 0 aliphatic heterocycles. The average molecular weight is 504 g/mol. The number of Topliss-reactive ketones (excluding diaryl/α,β-unsaturated/α-hetero) is 1. The molecule has 2 unspecified atom stereocenters. The number of nitrogens with zero attached hydrogens (tertiary/aromatic N) is 2. The molecule has 1 heterocycles. The molecule has 2 atom stereocenters. The van der Waals surface area contributed by atoms with Crippen LogP contribution in [0.3, 0.4) is 0 Å². The van der Waals surface area contributed by atoms with Crippen LogP contribution in [0.1, 0.15) is 55.4 Å². The summed E-state index contributed by atoms with van der Waals surface area (Å²) in [7, 11) is 0. The molecule has 1 aliphatic rings. The van der Waals surface area contributed by atoms with Crippen molar-refractivity contribution >= 4 is 40.0 Å². The van der Waals surface area contributed by atoms with Crippen LogP contribution in [0.5, 0.6) is 0 Å². The first-order chi connectivity index (χ1) is 17.4. The van der Waals surface area contributed by atoms with E-state index in [-0.39, 0.29) is 29.5 Å². The van der Waals surface area contributed by atoms with Gasteiger partial charge in [-0.1, -0.05) is 49.2 Å². The summed E-state index contributed by atoms with van der Waals surface area (Å²) in [6, 6.07) is 19.1. The maximum atomic E-state index is 14.2. The van der Waals surface area contributed by atoms with Crippen molar-refractivity contribution in [3.8, 4) is 11.4 Å². The Morgan fingerprint density at radius 3 is 2.69 bits per heavy atom.